The summed E-state index contributed by atoms with van der Waals surface area (Å²) in [6, 6.07) is 16.3. The molecular weight excluding hydrogens is 390 g/mol. The van der Waals surface area contributed by atoms with Crippen molar-refractivity contribution in [2.24, 2.45) is 0 Å². The number of hydrogen-bond donors (Lipinski definition) is 1. The molecule has 2 heterocycles. The van der Waals surface area contributed by atoms with E-state index in [4.69, 9.17) is 4.42 Å². The quantitative estimate of drug-likeness (QED) is 0.308. The molecule has 1 saturated heterocycles. The van der Waals surface area contributed by atoms with E-state index in [9.17, 15) is 24.5 Å². The van der Waals surface area contributed by atoms with Crippen LogP contribution in [0.25, 0.3) is 17.4 Å². The molecule has 30 heavy (non-hydrogen) atoms. The molecule has 1 N–H and O–H groups in total. The summed E-state index contributed by atoms with van der Waals surface area (Å²) < 4.78 is 5.66. The summed E-state index contributed by atoms with van der Waals surface area (Å²) in [7, 11) is 0. The molecule has 0 spiro atoms. The highest BCUT2D eigenvalue weighted by Gasteiger charge is 2.36. The summed E-state index contributed by atoms with van der Waals surface area (Å²) in [5, 5.41) is 12.9. The zero-order valence-electron chi connectivity index (χ0n) is 15.3. The molecule has 0 saturated carbocycles. The van der Waals surface area contributed by atoms with Crippen molar-refractivity contribution in [2.45, 2.75) is 0 Å². The van der Waals surface area contributed by atoms with Crippen molar-refractivity contribution >= 4 is 35.3 Å². The van der Waals surface area contributed by atoms with Gasteiger partial charge < -0.3 is 4.42 Å². The van der Waals surface area contributed by atoms with Crippen LogP contribution in [0.15, 0.2) is 76.7 Å². The second kappa shape index (κ2) is 7.47. The van der Waals surface area contributed by atoms with Gasteiger partial charge >= 0.3 is 6.03 Å². The lowest BCUT2D eigenvalue weighted by Gasteiger charge is -2.26. The summed E-state index contributed by atoms with van der Waals surface area (Å²) in [4.78, 5) is 48.3. The number of nitrogens with one attached hydrogen (secondary N) is 1. The van der Waals surface area contributed by atoms with Gasteiger partial charge in [0.1, 0.15) is 17.1 Å². The molecule has 4 amide bonds. The first-order valence-electron chi connectivity index (χ1n) is 8.75. The van der Waals surface area contributed by atoms with E-state index in [0.29, 0.717) is 17.0 Å². The van der Waals surface area contributed by atoms with Crippen LogP contribution in [-0.4, -0.2) is 22.8 Å². The summed E-state index contributed by atoms with van der Waals surface area (Å²) in [6.07, 6.45) is 1.24. The van der Waals surface area contributed by atoms with Gasteiger partial charge in [0.15, 0.2) is 0 Å². The van der Waals surface area contributed by atoms with Crippen molar-refractivity contribution in [3.05, 3.63) is 88.2 Å². The molecule has 0 aliphatic carbocycles. The minimum absolute atomic E-state index is 0.0530. The van der Waals surface area contributed by atoms with Gasteiger partial charge in [-0.25, -0.2) is 9.69 Å². The first-order chi connectivity index (χ1) is 14.4. The molecule has 1 aliphatic rings. The highest BCUT2D eigenvalue weighted by atomic mass is 16.6. The Kier molecular flexibility index (Phi) is 4.69. The fraction of sp³-hybridized carbons (Fsp3) is 0. The Labute approximate surface area is 169 Å². The second-order valence-corrected chi connectivity index (χ2v) is 6.30. The second-order valence-electron chi connectivity index (χ2n) is 6.30. The smallest absolute Gasteiger partial charge is 0.335 e. The number of nitro groups is 1. The largest absolute Gasteiger partial charge is 0.457 e. The number of nitrogens with zero attached hydrogens (tertiary/aromatic N) is 2. The lowest BCUT2D eigenvalue weighted by atomic mass is 10.1. The number of carbonyl (C=O) groups is 3. The predicted octanol–water partition coefficient (Wildman–Crippen LogP) is 3.52. The molecule has 4 rings (SSSR count). The number of non-ortho nitro benzene ring substituents is 1. The van der Waals surface area contributed by atoms with E-state index in [1.54, 1.807) is 42.5 Å². The standard InChI is InChI=1S/C21H13N3O6/c25-19-17(20(26)23(21(27)22-19)14-4-2-1-3-5-14)12-16-10-11-18(30-16)13-6-8-15(9-7-13)24(28)29/h1-12H,(H,22,25,27). The van der Waals surface area contributed by atoms with E-state index >= 15 is 0 Å². The number of para-hydroxylation sites is 1. The molecule has 0 bridgehead atoms. The molecule has 0 radical (unpaired) electrons. The molecule has 0 atom stereocenters. The molecule has 1 aliphatic heterocycles. The molecule has 3 aromatic rings. The fourth-order valence-corrected chi connectivity index (χ4v) is 2.94. The van der Waals surface area contributed by atoms with E-state index in [1.165, 1.54) is 30.3 Å². The van der Waals surface area contributed by atoms with Crippen LogP contribution in [-0.2, 0) is 9.59 Å². The van der Waals surface area contributed by atoms with Crippen molar-refractivity contribution < 1.29 is 23.7 Å². The lowest BCUT2D eigenvalue weighted by Crippen LogP contribution is -2.54. The number of nitro benzene ring substituents is 1. The Bertz CT molecular complexity index is 1190. The number of anilines is 1. The third-order valence-electron chi connectivity index (χ3n) is 4.39. The topological polar surface area (TPSA) is 123 Å². The Hall–Kier alpha value is -4.53. The summed E-state index contributed by atoms with van der Waals surface area (Å²) in [5.41, 5.74) is 0.598. The summed E-state index contributed by atoms with van der Waals surface area (Å²) in [6.45, 7) is 0. The van der Waals surface area contributed by atoms with Gasteiger partial charge in [-0.2, -0.15) is 0 Å². The molecule has 2 aromatic carbocycles. The van der Waals surface area contributed by atoms with Crippen molar-refractivity contribution in [3.8, 4) is 11.3 Å². The van der Waals surface area contributed by atoms with E-state index < -0.39 is 22.8 Å². The molecular formula is C21H13N3O6. The van der Waals surface area contributed by atoms with Gasteiger partial charge in [0.05, 0.1) is 10.6 Å². The highest BCUT2D eigenvalue weighted by molar-refractivity contribution is 6.39. The SMILES string of the molecule is O=C1NC(=O)N(c2ccccc2)C(=O)C1=Cc1ccc(-c2ccc([N+](=O)[O-])cc2)o1. The average Bonchev–Trinajstić information content (AvgIpc) is 3.20. The van der Waals surface area contributed by atoms with Crippen LogP contribution in [0.2, 0.25) is 0 Å². The Balaban J connectivity index is 1.64. The molecule has 1 fully saturated rings. The van der Waals surface area contributed by atoms with Crippen LogP contribution in [0, 0.1) is 10.1 Å². The maximum Gasteiger partial charge on any atom is 0.335 e. The maximum absolute atomic E-state index is 12.8. The van der Waals surface area contributed by atoms with Crippen molar-refractivity contribution in [2.75, 3.05) is 4.90 Å². The van der Waals surface area contributed by atoms with Crippen LogP contribution < -0.4 is 10.2 Å². The van der Waals surface area contributed by atoms with E-state index in [1.807, 2.05) is 0 Å². The number of barbiturate groups is 1. The maximum atomic E-state index is 12.8. The summed E-state index contributed by atoms with van der Waals surface area (Å²) >= 11 is 0. The summed E-state index contributed by atoms with van der Waals surface area (Å²) in [5.74, 6) is -0.991. The van der Waals surface area contributed by atoms with Gasteiger partial charge in [0.25, 0.3) is 17.5 Å². The van der Waals surface area contributed by atoms with E-state index in [0.717, 1.165) is 4.90 Å². The van der Waals surface area contributed by atoms with Crippen LogP contribution in [0.3, 0.4) is 0 Å². The van der Waals surface area contributed by atoms with Gasteiger partial charge in [0, 0.05) is 17.7 Å². The van der Waals surface area contributed by atoms with Gasteiger partial charge in [-0.3, -0.25) is 25.0 Å². The third kappa shape index (κ3) is 3.47. The fourth-order valence-electron chi connectivity index (χ4n) is 2.94. The number of carbonyl (C=O) groups excluding carboxylic acids is 3. The number of benzene rings is 2. The van der Waals surface area contributed by atoms with Gasteiger partial charge in [-0.05, 0) is 42.5 Å². The highest BCUT2D eigenvalue weighted by Crippen LogP contribution is 2.27. The zero-order valence-corrected chi connectivity index (χ0v) is 15.3. The monoisotopic (exact) mass is 403 g/mol. The van der Waals surface area contributed by atoms with Gasteiger partial charge in [-0.1, -0.05) is 18.2 Å². The van der Waals surface area contributed by atoms with E-state index in [2.05, 4.69) is 5.32 Å². The normalized spacial score (nSPS) is 15.4. The minimum Gasteiger partial charge on any atom is -0.457 e. The molecule has 9 nitrogen and oxygen atoms in total. The van der Waals surface area contributed by atoms with Crippen LogP contribution in [0.5, 0.6) is 0 Å². The first kappa shape index (κ1) is 18.8. The molecule has 0 unspecified atom stereocenters. The van der Waals surface area contributed by atoms with E-state index in [-0.39, 0.29) is 17.0 Å². The van der Waals surface area contributed by atoms with Gasteiger partial charge in [-0.15, -0.1) is 0 Å². The first-order valence-corrected chi connectivity index (χ1v) is 8.75. The zero-order chi connectivity index (χ0) is 21.3. The molecule has 9 heteroatoms. The minimum atomic E-state index is -0.834. The number of imide groups is 2. The van der Waals surface area contributed by atoms with Crippen LogP contribution in [0.4, 0.5) is 16.2 Å². The lowest BCUT2D eigenvalue weighted by molar-refractivity contribution is -0.384. The molecule has 1 aromatic heterocycles. The number of furan rings is 1. The number of amides is 4. The van der Waals surface area contributed by atoms with Gasteiger partial charge in [0.2, 0.25) is 0 Å². The average molecular weight is 403 g/mol. The van der Waals surface area contributed by atoms with Crippen LogP contribution >= 0.6 is 0 Å². The number of hydrogen-bond acceptors (Lipinski definition) is 6. The van der Waals surface area contributed by atoms with Crippen molar-refractivity contribution in [1.82, 2.24) is 5.32 Å². The van der Waals surface area contributed by atoms with Crippen LogP contribution in [0.1, 0.15) is 5.76 Å². The number of urea groups is 1. The molecule has 148 valence electrons. The predicted molar refractivity (Wildman–Crippen MR) is 106 cm³/mol. The van der Waals surface area contributed by atoms with Crippen molar-refractivity contribution in [3.63, 3.8) is 0 Å². The van der Waals surface area contributed by atoms with Crippen molar-refractivity contribution in [1.29, 1.82) is 0 Å². The number of rotatable bonds is 4. The third-order valence-corrected chi connectivity index (χ3v) is 4.39. The Morgan fingerprint density at radius 2 is 1.63 bits per heavy atom. The Morgan fingerprint density at radius 3 is 2.30 bits per heavy atom. The Morgan fingerprint density at radius 1 is 0.933 bits per heavy atom.